The van der Waals surface area contributed by atoms with Crippen LogP contribution < -0.4 is 0 Å². The van der Waals surface area contributed by atoms with E-state index >= 15 is 0 Å². The lowest BCUT2D eigenvalue weighted by molar-refractivity contribution is 0.0519. The van der Waals surface area contributed by atoms with E-state index in [1.807, 2.05) is 0 Å². The van der Waals surface area contributed by atoms with Crippen molar-refractivity contribution in [2.75, 3.05) is 6.61 Å². The summed E-state index contributed by atoms with van der Waals surface area (Å²) in [6.45, 7) is 2.05. The third-order valence-corrected chi connectivity index (χ3v) is 2.77. The van der Waals surface area contributed by atoms with Gasteiger partial charge in [-0.05, 0) is 31.2 Å². The van der Waals surface area contributed by atoms with Crippen molar-refractivity contribution in [1.82, 2.24) is 9.78 Å². The highest BCUT2D eigenvalue weighted by atomic mass is 35.5. The number of halogens is 2. The molecule has 0 fully saturated rings. The van der Waals surface area contributed by atoms with E-state index in [1.54, 1.807) is 37.4 Å². The van der Waals surface area contributed by atoms with Gasteiger partial charge in [-0.25, -0.2) is 9.48 Å². The molecule has 1 heterocycles. The Balaban J connectivity index is 2.32. The van der Waals surface area contributed by atoms with Crippen LogP contribution in [0.5, 0.6) is 0 Å². The van der Waals surface area contributed by atoms with Gasteiger partial charge in [0, 0.05) is 11.2 Å². The van der Waals surface area contributed by atoms with Crippen molar-refractivity contribution in [3.05, 3.63) is 46.2 Å². The molecule has 4 nitrogen and oxygen atoms in total. The molecule has 0 aliphatic carbocycles. The number of hydrogen-bond donors (Lipinski definition) is 0. The molecule has 6 heteroatoms. The molecule has 2 rings (SSSR count). The summed E-state index contributed by atoms with van der Waals surface area (Å²) < 4.78 is 6.36. The van der Waals surface area contributed by atoms with Gasteiger partial charge < -0.3 is 4.74 Å². The zero-order valence-electron chi connectivity index (χ0n) is 9.56. The van der Waals surface area contributed by atoms with Gasteiger partial charge in [-0.3, -0.25) is 0 Å². The number of carbonyl (C=O) groups excluding carboxylic acids is 1. The summed E-state index contributed by atoms with van der Waals surface area (Å²) in [5.74, 6) is -0.457. The van der Waals surface area contributed by atoms with Crippen LogP contribution in [0.3, 0.4) is 0 Å². The third kappa shape index (κ3) is 2.66. The molecular weight excluding hydrogens is 275 g/mol. The van der Waals surface area contributed by atoms with Gasteiger partial charge >= 0.3 is 5.97 Å². The Hall–Kier alpha value is -1.52. The van der Waals surface area contributed by atoms with Crippen LogP contribution in [0.15, 0.2) is 30.5 Å². The zero-order chi connectivity index (χ0) is 13.1. The normalized spacial score (nSPS) is 10.4. The first-order valence-electron chi connectivity index (χ1n) is 5.30. The predicted molar refractivity (Wildman–Crippen MR) is 69.5 cm³/mol. The molecule has 1 aromatic heterocycles. The fourth-order valence-corrected chi connectivity index (χ4v) is 1.93. The average molecular weight is 285 g/mol. The topological polar surface area (TPSA) is 44.1 Å². The number of nitrogens with zero attached hydrogens (tertiary/aromatic N) is 2. The number of rotatable bonds is 3. The molecule has 0 aliphatic rings. The average Bonchev–Trinajstić information content (AvgIpc) is 2.78. The maximum Gasteiger partial charge on any atom is 0.358 e. The van der Waals surface area contributed by atoms with E-state index in [9.17, 15) is 4.79 Å². The number of hydrogen-bond acceptors (Lipinski definition) is 3. The van der Waals surface area contributed by atoms with Gasteiger partial charge in [-0.15, -0.1) is 0 Å². The second-order valence-corrected chi connectivity index (χ2v) is 4.31. The molecule has 0 unspecified atom stereocenters. The van der Waals surface area contributed by atoms with Crippen molar-refractivity contribution in [2.24, 2.45) is 0 Å². The Bertz CT molecular complexity index is 581. The largest absolute Gasteiger partial charge is 0.461 e. The van der Waals surface area contributed by atoms with Gasteiger partial charge in [-0.2, -0.15) is 5.10 Å². The highest BCUT2D eigenvalue weighted by Gasteiger charge is 2.12. The lowest BCUT2D eigenvalue weighted by atomic mass is 10.3. The quantitative estimate of drug-likeness (QED) is 0.812. The van der Waals surface area contributed by atoms with E-state index in [0.29, 0.717) is 22.3 Å². The van der Waals surface area contributed by atoms with E-state index in [-0.39, 0.29) is 5.69 Å². The lowest BCUT2D eigenvalue weighted by Crippen LogP contribution is -2.06. The first-order chi connectivity index (χ1) is 8.61. The molecule has 18 heavy (non-hydrogen) atoms. The van der Waals surface area contributed by atoms with Gasteiger partial charge in [0.15, 0.2) is 5.69 Å². The second-order valence-electron chi connectivity index (χ2n) is 3.46. The maximum atomic E-state index is 11.5. The van der Waals surface area contributed by atoms with Gasteiger partial charge in [0.05, 0.1) is 17.3 Å². The predicted octanol–water partition coefficient (Wildman–Crippen LogP) is 3.36. The molecule has 2 aromatic rings. The number of carbonyl (C=O) groups is 1. The highest BCUT2D eigenvalue weighted by Crippen LogP contribution is 2.23. The Morgan fingerprint density at radius 1 is 1.39 bits per heavy atom. The van der Waals surface area contributed by atoms with Crippen molar-refractivity contribution >= 4 is 29.2 Å². The van der Waals surface area contributed by atoms with Crippen LogP contribution in [0.25, 0.3) is 5.69 Å². The summed E-state index contributed by atoms with van der Waals surface area (Å²) in [6.07, 6.45) is 1.64. The molecule has 0 saturated carbocycles. The van der Waals surface area contributed by atoms with Crippen LogP contribution in [-0.2, 0) is 4.74 Å². The molecule has 0 amide bonds. The molecular formula is C12H10Cl2N2O2. The van der Waals surface area contributed by atoms with Crippen LogP contribution in [0, 0.1) is 0 Å². The van der Waals surface area contributed by atoms with Crippen molar-refractivity contribution in [3.63, 3.8) is 0 Å². The molecule has 0 N–H and O–H groups in total. The summed E-state index contributed by atoms with van der Waals surface area (Å²) >= 11 is 11.9. The first-order valence-corrected chi connectivity index (χ1v) is 6.05. The van der Waals surface area contributed by atoms with Gasteiger partial charge in [-0.1, -0.05) is 23.2 Å². The van der Waals surface area contributed by atoms with Crippen LogP contribution >= 0.6 is 23.2 Å². The fraction of sp³-hybridized carbons (Fsp3) is 0.167. The second kappa shape index (κ2) is 5.42. The standard InChI is InChI=1S/C12H10Cl2N2O2/c1-2-18-12(17)10-5-6-16(15-10)11-4-3-8(13)7-9(11)14/h3-7H,2H2,1H3. The molecule has 0 radical (unpaired) electrons. The van der Waals surface area contributed by atoms with Crippen molar-refractivity contribution in [1.29, 1.82) is 0 Å². The highest BCUT2D eigenvalue weighted by molar-refractivity contribution is 6.35. The minimum Gasteiger partial charge on any atom is -0.461 e. The Kier molecular flexibility index (Phi) is 3.89. The zero-order valence-corrected chi connectivity index (χ0v) is 11.1. The molecule has 0 bridgehead atoms. The smallest absolute Gasteiger partial charge is 0.358 e. The first kappa shape index (κ1) is 12.9. The van der Waals surface area contributed by atoms with E-state index in [2.05, 4.69) is 5.10 Å². The lowest BCUT2D eigenvalue weighted by Gasteiger charge is -2.04. The number of aromatic nitrogens is 2. The van der Waals surface area contributed by atoms with Crippen LogP contribution in [0.2, 0.25) is 10.0 Å². The Morgan fingerprint density at radius 2 is 2.17 bits per heavy atom. The molecule has 94 valence electrons. The van der Waals surface area contributed by atoms with Crippen LogP contribution in [0.1, 0.15) is 17.4 Å². The Morgan fingerprint density at radius 3 is 2.83 bits per heavy atom. The minimum atomic E-state index is -0.457. The summed E-state index contributed by atoms with van der Waals surface area (Å²) in [6, 6.07) is 6.62. The summed E-state index contributed by atoms with van der Waals surface area (Å²) in [5.41, 5.74) is 0.888. The van der Waals surface area contributed by atoms with Crippen LogP contribution in [0.4, 0.5) is 0 Å². The molecule has 0 atom stereocenters. The molecule has 0 spiro atoms. The Labute approximate surface area is 114 Å². The molecule has 0 saturated heterocycles. The summed E-state index contributed by atoms with van der Waals surface area (Å²) in [4.78, 5) is 11.5. The summed E-state index contributed by atoms with van der Waals surface area (Å²) in [7, 11) is 0. The number of benzene rings is 1. The van der Waals surface area contributed by atoms with E-state index in [1.165, 1.54) is 4.68 Å². The van der Waals surface area contributed by atoms with E-state index in [0.717, 1.165) is 0 Å². The monoisotopic (exact) mass is 284 g/mol. The molecule has 1 aromatic carbocycles. The number of ether oxygens (including phenoxy) is 1. The van der Waals surface area contributed by atoms with Gasteiger partial charge in [0.2, 0.25) is 0 Å². The number of esters is 1. The van der Waals surface area contributed by atoms with Crippen molar-refractivity contribution in [2.45, 2.75) is 6.92 Å². The van der Waals surface area contributed by atoms with Gasteiger partial charge in [0.25, 0.3) is 0 Å². The minimum absolute atomic E-state index is 0.239. The maximum absolute atomic E-state index is 11.5. The van der Waals surface area contributed by atoms with Crippen molar-refractivity contribution < 1.29 is 9.53 Å². The van der Waals surface area contributed by atoms with Gasteiger partial charge in [0.1, 0.15) is 0 Å². The summed E-state index contributed by atoms with van der Waals surface area (Å²) in [5, 5.41) is 5.11. The van der Waals surface area contributed by atoms with Crippen LogP contribution in [-0.4, -0.2) is 22.4 Å². The van der Waals surface area contributed by atoms with Crippen molar-refractivity contribution in [3.8, 4) is 5.69 Å². The van der Waals surface area contributed by atoms with E-state index < -0.39 is 5.97 Å². The SMILES string of the molecule is CCOC(=O)c1ccn(-c2ccc(Cl)cc2Cl)n1. The van der Waals surface area contributed by atoms with E-state index in [4.69, 9.17) is 27.9 Å². The molecule has 0 aliphatic heterocycles. The fourth-order valence-electron chi connectivity index (χ4n) is 1.44. The third-order valence-electron chi connectivity index (χ3n) is 2.23.